The summed E-state index contributed by atoms with van der Waals surface area (Å²) in [5.74, 6) is 0.410. The lowest BCUT2D eigenvalue weighted by atomic mass is 9.91. The minimum atomic E-state index is -0.328. The molecule has 0 aliphatic carbocycles. The first kappa shape index (κ1) is 14.6. The van der Waals surface area contributed by atoms with Crippen molar-refractivity contribution < 1.29 is 4.39 Å². The van der Waals surface area contributed by atoms with Gasteiger partial charge in [-0.05, 0) is 42.3 Å². The van der Waals surface area contributed by atoms with Crippen LogP contribution in [0.4, 0.5) is 15.9 Å². The van der Waals surface area contributed by atoms with Crippen LogP contribution in [0.25, 0.3) is 5.57 Å². The van der Waals surface area contributed by atoms with E-state index < -0.39 is 0 Å². The van der Waals surface area contributed by atoms with E-state index in [1.54, 1.807) is 6.07 Å². The first-order valence-corrected chi connectivity index (χ1v) is 7.83. The van der Waals surface area contributed by atoms with Crippen LogP contribution in [-0.4, -0.2) is 16.5 Å². The Labute approximate surface area is 140 Å². The third-order valence-electron chi connectivity index (χ3n) is 4.28. The summed E-state index contributed by atoms with van der Waals surface area (Å²) in [5, 5.41) is 0. The maximum absolute atomic E-state index is 13.2. The molecule has 4 rings (SSSR count). The van der Waals surface area contributed by atoms with E-state index in [0.29, 0.717) is 6.54 Å². The second kappa shape index (κ2) is 5.89. The number of halogens is 1. The maximum Gasteiger partial charge on any atom is 0.141 e. The standard InChI is InChI=1S/C20H16FN3/c1-14-8-10-22-13-18(14)16-9-11-24(19-5-3-2-4-17(16)19)20-7-6-15(21)12-23-20/h2-10,12-13H,11H2,1H3. The summed E-state index contributed by atoms with van der Waals surface area (Å²) in [7, 11) is 0. The van der Waals surface area contributed by atoms with Gasteiger partial charge in [0, 0.05) is 30.1 Å². The molecular formula is C20H16FN3. The SMILES string of the molecule is Cc1ccncc1C1=CCN(c2ccc(F)cn2)c2ccccc21. The number of para-hydroxylation sites is 1. The first-order chi connectivity index (χ1) is 11.7. The van der Waals surface area contributed by atoms with Gasteiger partial charge in [0.25, 0.3) is 0 Å². The molecule has 0 amide bonds. The number of fused-ring (bicyclic) bond motifs is 1. The molecule has 1 aliphatic heterocycles. The normalized spacial score (nSPS) is 13.4. The average Bonchev–Trinajstić information content (AvgIpc) is 2.62. The van der Waals surface area contributed by atoms with Gasteiger partial charge in [-0.15, -0.1) is 0 Å². The van der Waals surface area contributed by atoms with E-state index >= 15 is 0 Å². The molecular weight excluding hydrogens is 301 g/mol. The second-order valence-electron chi connectivity index (χ2n) is 5.77. The molecule has 0 bridgehead atoms. The Morgan fingerprint density at radius 3 is 2.67 bits per heavy atom. The molecule has 0 spiro atoms. The Morgan fingerprint density at radius 1 is 1.00 bits per heavy atom. The molecule has 24 heavy (non-hydrogen) atoms. The predicted octanol–water partition coefficient (Wildman–Crippen LogP) is 4.51. The molecule has 0 unspecified atom stereocenters. The number of hydrogen-bond acceptors (Lipinski definition) is 3. The Kier molecular flexibility index (Phi) is 3.58. The quantitative estimate of drug-likeness (QED) is 0.696. The molecule has 0 saturated heterocycles. The van der Waals surface area contributed by atoms with Crippen LogP contribution in [0.5, 0.6) is 0 Å². The third kappa shape index (κ3) is 2.46. The van der Waals surface area contributed by atoms with E-state index in [0.717, 1.165) is 22.6 Å². The topological polar surface area (TPSA) is 29.0 Å². The molecule has 1 aliphatic rings. The number of anilines is 2. The highest BCUT2D eigenvalue weighted by Crippen LogP contribution is 2.38. The highest BCUT2D eigenvalue weighted by molar-refractivity contribution is 5.91. The molecule has 2 aromatic heterocycles. The molecule has 0 radical (unpaired) electrons. The van der Waals surface area contributed by atoms with Crippen LogP contribution in [0.15, 0.2) is 67.1 Å². The number of aryl methyl sites for hydroxylation is 1. The molecule has 118 valence electrons. The van der Waals surface area contributed by atoms with Crippen molar-refractivity contribution in [2.24, 2.45) is 0 Å². The van der Waals surface area contributed by atoms with Crippen LogP contribution in [0, 0.1) is 12.7 Å². The Bertz CT molecular complexity index is 916. The fraction of sp³-hybridized carbons (Fsp3) is 0.100. The van der Waals surface area contributed by atoms with Gasteiger partial charge in [-0.2, -0.15) is 0 Å². The molecule has 0 N–H and O–H groups in total. The van der Waals surface area contributed by atoms with Crippen LogP contribution >= 0.6 is 0 Å². The summed E-state index contributed by atoms with van der Waals surface area (Å²) >= 11 is 0. The number of hydrogen-bond donors (Lipinski definition) is 0. The van der Waals surface area contributed by atoms with Crippen molar-refractivity contribution in [3.8, 4) is 0 Å². The van der Waals surface area contributed by atoms with E-state index in [1.165, 1.54) is 23.4 Å². The van der Waals surface area contributed by atoms with Crippen molar-refractivity contribution in [2.45, 2.75) is 6.92 Å². The summed E-state index contributed by atoms with van der Waals surface area (Å²) in [4.78, 5) is 10.6. The maximum atomic E-state index is 13.2. The summed E-state index contributed by atoms with van der Waals surface area (Å²) in [6.07, 6.45) is 7.15. The largest absolute Gasteiger partial charge is 0.322 e. The molecule has 0 saturated carbocycles. The van der Waals surface area contributed by atoms with Gasteiger partial charge < -0.3 is 4.90 Å². The van der Waals surface area contributed by atoms with E-state index in [1.807, 2.05) is 30.6 Å². The molecule has 3 aromatic rings. The third-order valence-corrected chi connectivity index (χ3v) is 4.28. The molecule has 1 aromatic carbocycles. The van der Waals surface area contributed by atoms with Crippen molar-refractivity contribution in [1.29, 1.82) is 0 Å². The van der Waals surface area contributed by atoms with Crippen LogP contribution in [0.2, 0.25) is 0 Å². The zero-order chi connectivity index (χ0) is 16.5. The van der Waals surface area contributed by atoms with E-state index in [9.17, 15) is 4.39 Å². The minimum absolute atomic E-state index is 0.328. The fourth-order valence-electron chi connectivity index (χ4n) is 3.07. The highest BCUT2D eigenvalue weighted by atomic mass is 19.1. The monoisotopic (exact) mass is 317 g/mol. The highest BCUT2D eigenvalue weighted by Gasteiger charge is 2.22. The van der Waals surface area contributed by atoms with Gasteiger partial charge in [0.15, 0.2) is 0 Å². The van der Waals surface area contributed by atoms with Crippen molar-refractivity contribution >= 4 is 17.1 Å². The lowest BCUT2D eigenvalue weighted by molar-refractivity contribution is 0.621. The molecule has 0 atom stereocenters. The Morgan fingerprint density at radius 2 is 1.88 bits per heavy atom. The van der Waals surface area contributed by atoms with Gasteiger partial charge in [0.05, 0.1) is 11.9 Å². The molecule has 4 heteroatoms. The second-order valence-corrected chi connectivity index (χ2v) is 5.77. The summed E-state index contributed by atoms with van der Waals surface area (Å²) in [6.45, 7) is 2.77. The van der Waals surface area contributed by atoms with Gasteiger partial charge >= 0.3 is 0 Å². The van der Waals surface area contributed by atoms with Crippen LogP contribution in [0.1, 0.15) is 16.7 Å². The van der Waals surface area contributed by atoms with Crippen molar-refractivity contribution in [1.82, 2.24) is 9.97 Å². The zero-order valence-electron chi connectivity index (χ0n) is 13.3. The average molecular weight is 317 g/mol. The first-order valence-electron chi connectivity index (χ1n) is 7.83. The Balaban J connectivity index is 1.83. The van der Waals surface area contributed by atoms with Crippen LogP contribution in [0.3, 0.4) is 0 Å². The number of benzene rings is 1. The van der Waals surface area contributed by atoms with E-state index in [-0.39, 0.29) is 5.82 Å². The van der Waals surface area contributed by atoms with Crippen LogP contribution in [-0.2, 0) is 0 Å². The van der Waals surface area contributed by atoms with Crippen LogP contribution < -0.4 is 4.90 Å². The van der Waals surface area contributed by atoms with Crippen molar-refractivity contribution in [3.63, 3.8) is 0 Å². The van der Waals surface area contributed by atoms with Gasteiger partial charge in [-0.3, -0.25) is 4.98 Å². The molecule has 3 heterocycles. The van der Waals surface area contributed by atoms with Gasteiger partial charge in [-0.1, -0.05) is 24.3 Å². The Hall–Kier alpha value is -3.01. The number of rotatable bonds is 2. The molecule has 3 nitrogen and oxygen atoms in total. The number of pyridine rings is 2. The number of aromatic nitrogens is 2. The van der Waals surface area contributed by atoms with Gasteiger partial charge in [0.1, 0.15) is 11.6 Å². The zero-order valence-corrected chi connectivity index (χ0v) is 13.3. The van der Waals surface area contributed by atoms with Crippen molar-refractivity contribution in [2.75, 3.05) is 11.4 Å². The van der Waals surface area contributed by atoms with Crippen molar-refractivity contribution in [3.05, 3.63) is 89.6 Å². The smallest absolute Gasteiger partial charge is 0.141 e. The summed E-state index contributed by atoms with van der Waals surface area (Å²) < 4.78 is 13.2. The molecule has 0 fully saturated rings. The predicted molar refractivity (Wildman–Crippen MR) is 93.7 cm³/mol. The van der Waals surface area contributed by atoms with E-state index in [4.69, 9.17) is 0 Å². The lowest BCUT2D eigenvalue weighted by Crippen LogP contribution is -2.23. The fourth-order valence-corrected chi connectivity index (χ4v) is 3.07. The van der Waals surface area contributed by atoms with Gasteiger partial charge in [0.2, 0.25) is 0 Å². The minimum Gasteiger partial charge on any atom is -0.322 e. The van der Waals surface area contributed by atoms with E-state index in [2.05, 4.69) is 40.0 Å². The summed E-state index contributed by atoms with van der Waals surface area (Å²) in [5.41, 5.74) is 5.70. The summed E-state index contributed by atoms with van der Waals surface area (Å²) in [6, 6.07) is 13.4. The number of nitrogens with zero attached hydrogens (tertiary/aromatic N) is 3. The van der Waals surface area contributed by atoms with Gasteiger partial charge in [-0.25, -0.2) is 9.37 Å². The lowest BCUT2D eigenvalue weighted by Gasteiger charge is -2.30.